The van der Waals surface area contributed by atoms with Crippen molar-refractivity contribution in [3.8, 4) is 11.5 Å². The SMILES string of the molecule is COC(=O)c1ccc(OCCOc2ccc(C=O)c(C=O)c2)cc1C=O. The third-order valence-corrected chi connectivity index (χ3v) is 3.49. The summed E-state index contributed by atoms with van der Waals surface area (Å²) in [6.45, 7) is 0.343. The second-order valence-corrected chi connectivity index (χ2v) is 5.08. The van der Waals surface area contributed by atoms with Crippen molar-refractivity contribution in [3.63, 3.8) is 0 Å². The van der Waals surface area contributed by atoms with E-state index in [1.807, 2.05) is 0 Å². The van der Waals surface area contributed by atoms with Crippen LogP contribution >= 0.6 is 0 Å². The molecule has 0 aliphatic rings. The van der Waals surface area contributed by atoms with Gasteiger partial charge in [-0.1, -0.05) is 0 Å². The van der Waals surface area contributed by atoms with E-state index in [1.54, 1.807) is 12.1 Å². The Morgan fingerprint density at radius 1 is 0.808 bits per heavy atom. The number of hydrogen-bond donors (Lipinski definition) is 0. The zero-order chi connectivity index (χ0) is 18.9. The molecule has 0 aliphatic heterocycles. The quantitative estimate of drug-likeness (QED) is 0.386. The van der Waals surface area contributed by atoms with Crippen LogP contribution in [0.2, 0.25) is 0 Å². The van der Waals surface area contributed by atoms with Crippen molar-refractivity contribution >= 4 is 24.8 Å². The van der Waals surface area contributed by atoms with Crippen LogP contribution in [0.1, 0.15) is 41.4 Å². The molecule has 0 radical (unpaired) electrons. The molecule has 2 aromatic rings. The van der Waals surface area contributed by atoms with Crippen molar-refractivity contribution in [3.05, 3.63) is 58.7 Å². The maximum atomic E-state index is 11.5. The number of carbonyl (C=O) groups excluding carboxylic acids is 4. The molecule has 0 fully saturated rings. The maximum Gasteiger partial charge on any atom is 0.338 e. The van der Waals surface area contributed by atoms with E-state index in [-0.39, 0.29) is 35.5 Å². The highest BCUT2D eigenvalue weighted by molar-refractivity contribution is 5.98. The number of hydrogen-bond acceptors (Lipinski definition) is 7. The van der Waals surface area contributed by atoms with Crippen LogP contribution in [0.4, 0.5) is 0 Å². The molecular formula is C19H16O7. The third-order valence-electron chi connectivity index (χ3n) is 3.49. The fourth-order valence-electron chi connectivity index (χ4n) is 2.19. The number of aldehydes is 3. The van der Waals surface area contributed by atoms with Gasteiger partial charge in [-0.25, -0.2) is 4.79 Å². The van der Waals surface area contributed by atoms with Crippen molar-refractivity contribution in [1.29, 1.82) is 0 Å². The minimum Gasteiger partial charge on any atom is -0.490 e. The van der Waals surface area contributed by atoms with E-state index in [9.17, 15) is 19.2 Å². The maximum absolute atomic E-state index is 11.5. The van der Waals surface area contributed by atoms with Crippen LogP contribution in [0.25, 0.3) is 0 Å². The number of methoxy groups -OCH3 is 1. The Balaban J connectivity index is 1.94. The molecule has 26 heavy (non-hydrogen) atoms. The van der Waals surface area contributed by atoms with Crippen LogP contribution < -0.4 is 9.47 Å². The summed E-state index contributed by atoms with van der Waals surface area (Å²) in [6.07, 6.45) is 1.72. The molecule has 7 heteroatoms. The number of rotatable bonds is 9. The summed E-state index contributed by atoms with van der Waals surface area (Å²) in [7, 11) is 1.23. The van der Waals surface area contributed by atoms with Crippen LogP contribution in [0.15, 0.2) is 36.4 Å². The smallest absolute Gasteiger partial charge is 0.338 e. The normalized spacial score (nSPS) is 9.88. The molecule has 0 heterocycles. The molecule has 0 amide bonds. The Kier molecular flexibility index (Phi) is 6.61. The van der Waals surface area contributed by atoms with Gasteiger partial charge in [0.15, 0.2) is 18.9 Å². The van der Waals surface area contributed by atoms with Crippen molar-refractivity contribution in [2.24, 2.45) is 0 Å². The molecule has 0 N–H and O–H groups in total. The fraction of sp³-hybridized carbons (Fsp3) is 0.158. The first kappa shape index (κ1) is 18.9. The first-order valence-electron chi connectivity index (χ1n) is 7.60. The average Bonchev–Trinajstić information content (AvgIpc) is 2.70. The predicted octanol–water partition coefficient (Wildman–Crippen LogP) is 2.37. The van der Waals surface area contributed by atoms with Gasteiger partial charge >= 0.3 is 5.97 Å². The standard InChI is InChI=1S/C19H16O7/c1-24-19(23)18-5-4-17(9-15(18)12-22)26-7-6-25-16-3-2-13(10-20)14(8-16)11-21/h2-5,8-12H,6-7H2,1H3. The summed E-state index contributed by atoms with van der Waals surface area (Å²) in [5.41, 5.74) is 0.848. The minimum atomic E-state index is -0.605. The topological polar surface area (TPSA) is 96.0 Å². The van der Waals surface area contributed by atoms with Crippen molar-refractivity contribution < 1.29 is 33.4 Å². The third kappa shape index (κ3) is 4.54. The van der Waals surface area contributed by atoms with Gasteiger partial charge in [0.05, 0.1) is 12.7 Å². The van der Waals surface area contributed by atoms with Crippen molar-refractivity contribution in [1.82, 2.24) is 0 Å². The predicted molar refractivity (Wildman–Crippen MR) is 91.4 cm³/mol. The Labute approximate surface area is 149 Å². The highest BCUT2D eigenvalue weighted by Crippen LogP contribution is 2.18. The van der Waals surface area contributed by atoms with Gasteiger partial charge < -0.3 is 14.2 Å². The van der Waals surface area contributed by atoms with Crippen molar-refractivity contribution in [2.45, 2.75) is 0 Å². The second-order valence-electron chi connectivity index (χ2n) is 5.08. The molecule has 0 aliphatic carbocycles. The lowest BCUT2D eigenvalue weighted by molar-refractivity contribution is 0.0598. The summed E-state index contributed by atoms with van der Waals surface area (Å²) in [6, 6.07) is 8.96. The van der Waals surface area contributed by atoms with Gasteiger partial charge in [-0.15, -0.1) is 0 Å². The van der Waals surface area contributed by atoms with Gasteiger partial charge in [-0.05, 0) is 36.4 Å². The second kappa shape index (κ2) is 9.12. The van der Waals surface area contributed by atoms with Gasteiger partial charge in [0.2, 0.25) is 0 Å². The van der Waals surface area contributed by atoms with E-state index in [0.29, 0.717) is 30.4 Å². The van der Waals surface area contributed by atoms with Crippen LogP contribution in [-0.2, 0) is 4.74 Å². The van der Waals surface area contributed by atoms with Crippen LogP contribution in [0.5, 0.6) is 11.5 Å². The summed E-state index contributed by atoms with van der Waals surface area (Å²) in [4.78, 5) is 44.3. The van der Waals surface area contributed by atoms with Gasteiger partial charge in [0, 0.05) is 16.7 Å². The van der Waals surface area contributed by atoms with E-state index in [2.05, 4.69) is 4.74 Å². The number of esters is 1. The lowest BCUT2D eigenvalue weighted by Crippen LogP contribution is -2.10. The van der Waals surface area contributed by atoms with E-state index in [1.165, 1.54) is 31.4 Å². The largest absolute Gasteiger partial charge is 0.490 e. The highest BCUT2D eigenvalue weighted by Gasteiger charge is 2.12. The molecule has 0 unspecified atom stereocenters. The van der Waals surface area contributed by atoms with Crippen LogP contribution in [-0.4, -0.2) is 45.2 Å². The number of ether oxygens (including phenoxy) is 3. The molecule has 0 saturated heterocycles. The first-order valence-corrected chi connectivity index (χ1v) is 7.60. The molecule has 7 nitrogen and oxygen atoms in total. The fourth-order valence-corrected chi connectivity index (χ4v) is 2.19. The van der Waals surface area contributed by atoms with Crippen molar-refractivity contribution in [2.75, 3.05) is 20.3 Å². The molecule has 2 aromatic carbocycles. The molecular weight excluding hydrogens is 340 g/mol. The minimum absolute atomic E-state index is 0.155. The van der Waals surface area contributed by atoms with E-state index in [4.69, 9.17) is 9.47 Å². The molecule has 0 atom stereocenters. The molecule has 134 valence electrons. The molecule has 0 spiro atoms. The summed E-state index contributed by atoms with van der Waals surface area (Å²) in [5, 5.41) is 0. The molecule has 0 bridgehead atoms. The van der Waals surface area contributed by atoms with E-state index in [0.717, 1.165) is 0 Å². The number of benzene rings is 2. The zero-order valence-corrected chi connectivity index (χ0v) is 14.0. The number of carbonyl (C=O) groups is 4. The lowest BCUT2D eigenvalue weighted by atomic mass is 10.1. The monoisotopic (exact) mass is 356 g/mol. The van der Waals surface area contributed by atoms with Gasteiger partial charge in [0.1, 0.15) is 24.7 Å². The van der Waals surface area contributed by atoms with E-state index < -0.39 is 5.97 Å². The molecule has 0 saturated carbocycles. The Hall–Kier alpha value is -3.48. The first-order chi connectivity index (χ1) is 12.6. The van der Waals surface area contributed by atoms with Crippen LogP contribution in [0.3, 0.4) is 0 Å². The zero-order valence-electron chi connectivity index (χ0n) is 14.0. The summed E-state index contributed by atoms with van der Waals surface area (Å²) < 4.78 is 15.5. The van der Waals surface area contributed by atoms with Gasteiger partial charge in [-0.2, -0.15) is 0 Å². The molecule has 0 aromatic heterocycles. The Morgan fingerprint density at radius 2 is 1.35 bits per heavy atom. The summed E-state index contributed by atoms with van der Waals surface area (Å²) >= 11 is 0. The van der Waals surface area contributed by atoms with Gasteiger partial charge in [-0.3, -0.25) is 14.4 Å². The van der Waals surface area contributed by atoms with Crippen LogP contribution in [0, 0.1) is 0 Å². The lowest BCUT2D eigenvalue weighted by Gasteiger charge is -2.10. The average molecular weight is 356 g/mol. The highest BCUT2D eigenvalue weighted by atomic mass is 16.5. The summed E-state index contributed by atoms with van der Waals surface area (Å²) in [5.74, 6) is 0.218. The Bertz CT molecular complexity index is 827. The van der Waals surface area contributed by atoms with E-state index >= 15 is 0 Å². The Morgan fingerprint density at radius 3 is 1.88 bits per heavy atom. The van der Waals surface area contributed by atoms with Gasteiger partial charge in [0.25, 0.3) is 0 Å². The molecule has 2 rings (SSSR count).